The van der Waals surface area contributed by atoms with E-state index in [-0.39, 0.29) is 17.5 Å². The predicted octanol–water partition coefficient (Wildman–Crippen LogP) is 0.578. The first-order valence-corrected chi connectivity index (χ1v) is 7.21. The summed E-state index contributed by atoms with van der Waals surface area (Å²) in [6.45, 7) is 4.62. The van der Waals surface area contributed by atoms with E-state index in [1.54, 1.807) is 11.9 Å². The van der Waals surface area contributed by atoms with Crippen LogP contribution in [-0.4, -0.2) is 51.2 Å². The molecule has 90 valence electrons. The van der Waals surface area contributed by atoms with Gasteiger partial charge in [0, 0.05) is 18.7 Å². The monoisotopic (exact) mass is 235 g/mol. The molecule has 0 bridgehead atoms. The molecular weight excluding hydrogens is 214 g/mol. The van der Waals surface area contributed by atoms with Gasteiger partial charge in [0.1, 0.15) is 15.6 Å². The lowest BCUT2D eigenvalue weighted by atomic mass is 10.0. The minimum absolute atomic E-state index is 0.0608. The molecule has 15 heavy (non-hydrogen) atoms. The highest BCUT2D eigenvalue weighted by atomic mass is 32.2. The van der Waals surface area contributed by atoms with E-state index < -0.39 is 9.84 Å². The van der Waals surface area contributed by atoms with Crippen molar-refractivity contribution in [1.29, 1.82) is 0 Å². The van der Waals surface area contributed by atoms with Gasteiger partial charge in [-0.25, -0.2) is 8.42 Å². The summed E-state index contributed by atoms with van der Waals surface area (Å²) in [5.41, 5.74) is 0. The number of carbonyl (C=O) groups excluding carboxylic acids is 1. The molecule has 0 aliphatic heterocycles. The van der Waals surface area contributed by atoms with E-state index in [1.807, 2.05) is 13.8 Å². The van der Waals surface area contributed by atoms with Gasteiger partial charge in [-0.2, -0.15) is 0 Å². The number of sulfone groups is 1. The lowest BCUT2D eigenvalue weighted by Gasteiger charge is -2.17. The van der Waals surface area contributed by atoms with E-state index in [0.717, 1.165) is 6.42 Å². The number of hydrogen-bond donors (Lipinski definition) is 0. The first-order chi connectivity index (χ1) is 6.76. The van der Waals surface area contributed by atoms with Crippen LogP contribution in [0.25, 0.3) is 0 Å². The fourth-order valence-corrected chi connectivity index (χ4v) is 1.69. The average molecular weight is 235 g/mol. The third-order valence-corrected chi connectivity index (χ3v) is 3.36. The highest BCUT2D eigenvalue weighted by molar-refractivity contribution is 7.90. The maximum absolute atomic E-state index is 11.5. The van der Waals surface area contributed by atoms with E-state index in [0.29, 0.717) is 13.1 Å². The molecule has 0 aromatic rings. The van der Waals surface area contributed by atoms with Gasteiger partial charge >= 0.3 is 0 Å². The molecule has 0 heterocycles. The smallest absolute Gasteiger partial charge is 0.149 e. The van der Waals surface area contributed by atoms with Crippen molar-refractivity contribution in [3.05, 3.63) is 0 Å². The van der Waals surface area contributed by atoms with Crippen molar-refractivity contribution in [1.82, 2.24) is 4.90 Å². The number of ketones is 1. The summed E-state index contributed by atoms with van der Waals surface area (Å²) in [5, 5.41) is 0. The molecule has 1 atom stereocenters. The number of hydrogen-bond acceptors (Lipinski definition) is 4. The number of likely N-dealkylation sites (N-methyl/N-ethyl adjacent to an activating group) is 1. The zero-order valence-corrected chi connectivity index (χ0v) is 10.8. The molecular formula is C10H21NO3S. The first-order valence-electron chi connectivity index (χ1n) is 5.15. The molecule has 0 aromatic heterocycles. The van der Waals surface area contributed by atoms with Gasteiger partial charge in [0.05, 0.1) is 12.3 Å². The quantitative estimate of drug-likeness (QED) is 0.647. The summed E-state index contributed by atoms with van der Waals surface area (Å²) in [6.07, 6.45) is 2.04. The van der Waals surface area contributed by atoms with Crippen molar-refractivity contribution in [3.8, 4) is 0 Å². The molecule has 0 aliphatic rings. The van der Waals surface area contributed by atoms with E-state index in [2.05, 4.69) is 0 Å². The Morgan fingerprint density at radius 1 is 1.40 bits per heavy atom. The van der Waals surface area contributed by atoms with Gasteiger partial charge < -0.3 is 0 Å². The van der Waals surface area contributed by atoms with Gasteiger partial charge in [-0.05, 0) is 13.5 Å². The molecule has 1 unspecified atom stereocenters. The lowest BCUT2D eigenvalue weighted by Crippen LogP contribution is -2.32. The van der Waals surface area contributed by atoms with Crippen LogP contribution in [0.1, 0.15) is 20.3 Å². The van der Waals surface area contributed by atoms with Crippen molar-refractivity contribution in [2.75, 3.05) is 32.1 Å². The molecule has 0 aliphatic carbocycles. The highest BCUT2D eigenvalue weighted by Crippen LogP contribution is 2.03. The maximum Gasteiger partial charge on any atom is 0.149 e. The van der Waals surface area contributed by atoms with Gasteiger partial charge in [-0.15, -0.1) is 0 Å². The second kappa shape index (κ2) is 6.23. The SMILES string of the molecule is CCC(C)C(=O)CN(C)CCS(C)(=O)=O. The topological polar surface area (TPSA) is 54.5 Å². The second-order valence-electron chi connectivity index (χ2n) is 4.14. The number of carbonyl (C=O) groups is 1. The van der Waals surface area contributed by atoms with Gasteiger partial charge in [-0.1, -0.05) is 13.8 Å². The second-order valence-corrected chi connectivity index (χ2v) is 6.40. The molecule has 0 spiro atoms. The Bertz CT molecular complexity index is 298. The molecule has 0 fully saturated rings. The maximum atomic E-state index is 11.5. The third-order valence-electron chi connectivity index (χ3n) is 2.43. The summed E-state index contributed by atoms with van der Waals surface area (Å²) < 4.78 is 21.8. The molecule has 0 rings (SSSR count). The first kappa shape index (κ1) is 14.6. The molecule has 4 nitrogen and oxygen atoms in total. The zero-order chi connectivity index (χ0) is 12.1. The fraction of sp³-hybridized carbons (Fsp3) is 0.900. The van der Waals surface area contributed by atoms with Crippen LogP contribution in [0.4, 0.5) is 0 Å². The van der Waals surface area contributed by atoms with Crippen molar-refractivity contribution in [2.24, 2.45) is 5.92 Å². The highest BCUT2D eigenvalue weighted by Gasteiger charge is 2.13. The predicted molar refractivity (Wildman–Crippen MR) is 61.7 cm³/mol. The van der Waals surface area contributed by atoms with Crippen LogP contribution >= 0.6 is 0 Å². The van der Waals surface area contributed by atoms with E-state index in [4.69, 9.17) is 0 Å². The Morgan fingerprint density at radius 2 is 1.93 bits per heavy atom. The molecule has 0 radical (unpaired) electrons. The number of rotatable bonds is 7. The Hall–Kier alpha value is -0.420. The van der Waals surface area contributed by atoms with Crippen LogP contribution < -0.4 is 0 Å². The third kappa shape index (κ3) is 7.50. The standard InChI is InChI=1S/C10H21NO3S/c1-5-9(2)10(12)8-11(3)6-7-15(4,13)14/h9H,5-8H2,1-4H3. The Morgan fingerprint density at radius 3 is 2.33 bits per heavy atom. The summed E-state index contributed by atoms with van der Waals surface area (Å²) in [7, 11) is -1.16. The summed E-state index contributed by atoms with van der Waals surface area (Å²) >= 11 is 0. The minimum Gasteiger partial charge on any atom is -0.298 e. The number of nitrogens with zero attached hydrogens (tertiary/aromatic N) is 1. The zero-order valence-electron chi connectivity index (χ0n) is 9.99. The summed E-state index contributed by atoms with van der Waals surface area (Å²) in [4.78, 5) is 13.3. The summed E-state index contributed by atoms with van der Waals surface area (Å²) in [6, 6.07) is 0. The Balaban J connectivity index is 3.94. The van der Waals surface area contributed by atoms with Crippen molar-refractivity contribution < 1.29 is 13.2 Å². The van der Waals surface area contributed by atoms with Crippen LogP contribution in [0.3, 0.4) is 0 Å². The van der Waals surface area contributed by atoms with Crippen LogP contribution in [0.5, 0.6) is 0 Å². The Kier molecular flexibility index (Phi) is 6.05. The van der Waals surface area contributed by atoms with Crippen LogP contribution in [-0.2, 0) is 14.6 Å². The molecule has 0 amide bonds. The largest absolute Gasteiger partial charge is 0.298 e. The molecule has 5 heteroatoms. The van der Waals surface area contributed by atoms with Crippen molar-refractivity contribution in [3.63, 3.8) is 0 Å². The number of Topliss-reactive ketones (excluding diaryl/α,β-unsaturated/α-hetero) is 1. The fourth-order valence-electron chi connectivity index (χ4n) is 1.05. The Labute approximate surface area is 92.6 Å². The van der Waals surface area contributed by atoms with E-state index in [1.165, 1.54) is 6.26 Å². The lowest BCUT2D eigenvalue weighted by molar-refractivity contribution is -0.123. The van der Waals surface area contributed by atoms with Crippen LogP contribution in [0.15, 0.2) is 0 Å². The molecule has 0 N–H and O–H groups in total. The van der Waals surface area contributed by atoms with Gasteiger partial charge in [0.2, 0.25) is 0 Å². The van der Waals surface area contributed by atoms with Crippen molar-refractivity contribution in [2.45, 2.75) is 20.3 Å². The molecule has 0 saturated carbocycles. The summed E-state index contributed by atoms with van der Waals surface area (Å²) in [5.74, 6) is 0.344. The normalized spacial score (nSPS) is 14.2. The van der Waals surface area contributed by atoms with E-state index in [9.17, 15) is 13.2 Å². The average Bonchev–Trinajstić information content (AvgIpc) is 2.12. The molecule has 0 saturated heterocycles. The van der Waals surface area contributed by atoms with Crippen LogP contribution in [0, 0.1) is 5.92 Å². The minimum atomic E-state index is -2.93. The van der Waals surface area contributed by atoms with Gasteiger partial charge in [0.25, 0.3) is 0 Å². The van der Waals surface area contributed by atoms with Gasteiger partial charge in [0.15, 0.2) is 0 Å². The van der Waals surface area contributed by atoms with Gasteiger partial charge in [-0.3, -0.25) is 9.69 Å². The molecule has 0 aromatic carbocycles. The van der Waals surface area contributed by atoms with Crippen LogP contribution in [0.2, 0.25) is 0 Å². The van der Waals surface area contributed by atoms with Crippen molar-refractivity contribution >= 4 is 15.6 Å². The van der Waals surface area contributed by atoms with E-state index >= 15 is 0 Å².